The van der Waals surface area contributed by atoms with E-state index in [1.807, 2.05) is 30.5 Å². The molecule has 0 fully saturated rings. The molecule has 2 aromatic carbocycles. The van der Waals surface area contributed by atoms with Gasteiger partial charge in [0.25, 0.3) is 0 Å². The Kier molecular flexibility index (Phi) is 4.36. The topological polar surface area (TPSA) is 33.2 Å². The van der Waals surface area contributed by atoms with Crippen LogP contribution in [0.1, 0.15) is 23.6 Å². The van der Waals surface area contributed by atoms with E-state index in [0.717, 1.165) is 34.3 Å². The summed E-state index contributed by atoms with van der Waals surface area (Å²) in [5.41, 5.74) is 5.45. The van der Waals surface area contributed by atoms with Crippen molar-refractivity contribution in [1.82, 2.24) is 4.98 Å². The molecule has 0 saturated carbocycles. The van der Waals surface area contributed by atoms with E-state index in [2.05, 4.69) is 58.5 Å². The number of hydrogen-bond acceptors (Lipinski definition) is 3. The fraction of sp³-hybridized carbons (Fsp3) is 0.130. The zero-order valence-electron chi connectivity index (χ0n) is 14.7. The predicted octanol–water partition coefficient (Wildman–Crippen LogP) is 4.83. The SMILES string of the molecule is CC(=O)CN1CC=Cc2c1ccc1c(C=Cc3ccccc3)ccnc21. The monoisotopic (exact) mass is 340 g/mol. The quantitative estimate of drug-likeness (QED) is 0.682. The van der Waals surface area contributed by atoms with Gasteiger partial charge in [0.05, 0.1) is 12.1 Å². The second kappa shape index (κ2) is 6.96. The number of pyridine rings is 1. The van der Waals surface area contributed by atoms with E-state index in [4.69, 9.17) is 0 Å². The molecule has 1 aromatic heterocycles. The average molecular weight is 340 g/mol. The van der Waals surface area contributed by atoms with Crippen LogP contribution in [0.25, 0.3) is 29.1 Å². The summed E-state index contributed by atoms with van der Waals surface area (Å²) < 4.78 is 0. The van der Waals surface area contributed by atoms with Gasteiger partial charge in [0.15, 0.2) is 0 Å². The van der Waals surface area contributed by atoms with Crippen LogP contribution < -0.4 is 4.90 Å². The van der Waals surface area contributed by atoms with Crippen molar-refractivity contribution in [2.45, 2.75) is 6.92 Å². The summed E-state index contributed by atoms with van der Waals surface area (Å²) >= 11 is 0. The van der Waals surface area contributed by atoms with E-state index in [9.17, 15) is 4.79 Å². The number of anilines is 1. The Morgan fingerprint density at radius 3 is 2.77 bits per heavy atom. The largest absolute Gasteiger partial charge is 0.360 e. The molecule has 0 spiro atoms. The maximum absolute atomic E-state index is 11.6. The minimum atomic E-state index is 0.166. The highest BCUT2D eigenvalue weighted by atomic mass is 16.1. The van der Waals surface area contributed by atoms with Crippen LogP contribution in [0.5, 0.6) is 0 Å². The number of aromatic nitrogens is 1. The number of nitrogens with zero attached hydrogens (tertiary/aromatic N) is 2. The summed E-state index contributed by atoms with van der Waals surface area (Å²) in [5, 5.41) is 1.12. The van der Waals surface area contributed by atoms with Crippen LogP contribution >= 0.6 is 0 Å². The van der Waals surface area contributed by atoms with Gasteiger partial charge in [-0.25, -0.2) is 0 Å². The van der Waals surface area contributed by atoms with Crippen molar-refractivity contribution in [3.63, 3.8) is 0 Å². The minimum Gasteiger partial charge on any atom is -0.360 e. The smallest absolute Gasteiger partial charge is 0.149 e. The van der Waals surface area contributed by atoms with Crippen LogP contribution in [-0.4, -0.2) is 23.9 Å². The second-order valence-corrected chi connectivity index (χ2v) is 6.52. The standard InChI is InChI=1S/C23H20N2O/c1-17(26)16-25-15-5-8-21-22(25)12-11-20-19(13-14-24-23(20)21)10-9-18-6-3-2-4-7-18/h2-14H,15-16H2,1H3. The summed E-state index contributed by atoms with van der Waals surface area (Å²) in [4.78, 5) is 18.3. The van der Waals surface area contributed by atoms with Crippen LogP contribution in [0.4, 0.5) is 5.69 Å². The molecule has 0 saturated heterocycles. The van der Waals surface area contributed by atoms with Gasteiger partial charge in [0.2, 0.25) is 0 Å². The number of carbonyl (C=O) groups excluding carboxylic acids is 1. The number of Topliss-reactive ketones (excluding diaryl/α,β-unsaturated/α-hetero) is 1. The van der Waals surface area contributed by atoms with Gasteiger partial charge in [-0.2, -0.15) is 0 Å². The van der Waals surface area contributed by atoms with Crippen LogP contribution in [0.3, 0.4) is 0 Å². The van der Waals surface area contributed by atoms with Crippen LogP contribution in [-0.2, 0) is 4.79 Å². The van der Waals surface area contributed by atoms with Gasteiger partial charge in [-0.15, -0.1) is 0 Å². The third-order valence-corrected chi connectivity index (χ3v) is 4.58. The van der Waals surface area contributed by atoms with E-state index in [-0.39, 0.29) is 5.78 Å². The van der Waals surface area contributed by atoms with Crippen LogP contribution in [0.2, 0.25) is 0 Å². The van der Waals surface area contributed by atoms with Crippen LogP contribution in [0.15, 0.2) is 60.8 Å². The number of hydrogen-bond donors (Lipinski definition) is 0. The molecule has 0 unspecified atom stereocenters. The maximum Gasteiger partial charge on any atom is 0.149 e. The Labute approximate surface area is 153 Å². The minimum absolute atomic E-state index is 0.166. The van der Waals surface area contributed by atoms with Gasteiger partial charge < -0.3 is 4.90 Å². The summed E-state index contributed by atoms with van der Waals surface area (Å²) in [7, 11) is 0. The van der Waals surface area contributed by atoms with Gasteiger partial charge in [-0.3, -0.25) is 9.78 Å². The summed E-state index contributed by atoms with van der Waals surface area (Å²) in [6.45, 7) is 2.81. The first-order valence-corrected chi connectivity index (χ1v) is 8.78. The van der Waals surface area contributed by atoms with E-state index in [1.54, 1.807) is 6.92 Å². The number of rotatable bonds is 4. The molecular formula is C23H20N2O. The third kappa shape index (κ3) is 3.16. The van der Waals surface area contributed by atoms with Gasteiger partial charge >= 0.3 is 0 Å². The van der Waals surface area contributed by atoms with Crippen LogP contribution in [0, 0.1) is 0 Å². The Morgan fingerprint density at radius 1 is 1.12 bits per heavy atom. The molecule has 26 heavy (non-hydrogen) atoms. The first kappa shape index (κ1) is 16.3. The van der Waals surface area contributed by atoms with Gasteiger partial charge in [-0.05, 0) is 30.2 Å². The molecule has 0 bridgehead atoms. The molecule has 0 radical (unpaired) electrons. The predicted molar refractivity (Wildman–Crippen MR) is 109 cm³/mol. The molecule has 0 aliphatic carbocycles. The number of fused-ring (bicyclic) bond motifs is 3. The Balaban J connectivity index is 1.78. The molecule has 3 heteroatoms. The molecular weight excluding hydrogens is 320 g/mol. The molecule has 0 atom stereocenters. The molecule has 0 N–H and O–H groups in total. The first-order chi connectivity index (χ1) is 12.7. The highest BCUT2D eigenvalue weighted by molar-refractivity contribution is 6.00. The Hall–Kier alpha value is -3.20. The number of carbonyl (C=O) groups is 1. The zero-order valence-corrected chi connectivity index (χ0v) is 14.7. The summed E-state index contributed by atoms with van der Waals surface area (Å²) in [6.07, 6.45) is 10.3. The van der Waals surface area contributed by atoms with Crippen molar-refractivity contribution >= 4 is 40.6 Å². The molecule has 4 rings (SSSR count). The molecule has 3 nitrogen and oxygen atoms in total. The average Bonchev–Trinajstić information content (AvgIpc) is 2.66. The van der Waals surface area contributed by atoms with Crippen molar-refractivity contribution < 1.29 is 4.79 Å². The molecule has 128 valence electrons. The lowest BCUT2D eigenvalue weighted by molar-refractivity contribution is -0.115. The summed E-state index contributed by atoms with van der Waals surface area (Å²) in [6, 6.07) is 16.5. The third-order valence-electron chi connectivity index (χ3n) is 4.58. The second-order valence-electron chi connectivity index (χ2n) is 6.52. The van der Waals surface area contributed by atoms with E-state index >= 15 is 0 Å². The van der Waals surface area contributed by atoms with Gasteiger partial charge in [0, 0.05) is 29.4 Å². The molecule has 1 aliphatic heterocycles. The number of ketones is 1. The highest BCUT2D eigenvalue weighted by Gasteiger charge is 2.17. The molecule has 1 aliphatic rings. The van der Waals surface area contributed by atoms with Gasteiger partial charge in [-0.1, -0.05) is 60.7 Å². The lowest BCUT2D eigenvalue weighted by Gasteiger charge is -2.27. The molecule has 0 amide bonds. The molecule has 2 heterocycles. The van der Waals surface area contributed by atoms with Crippen molar-refractivity contribution in [3.05, 3.63) is 77.5 Å². The maximum atomic E-state index is 11.6. The fourth-order valence-electron chi connectivity index (χ4n) is 3.40. The molecule has 3 aromatic rings. The van der Waals surface area contributed by atoms with E-state index in [1.165, 1.54) is 5.56 Å². The van der Waals surface area contributed by atoms with Crippen molar-refractivity contribution in [3.8, 4) is 0 Å². The number of benzene rings is 2. The zero-order chi connectivity index (χ0) is 17.9. The fourth-order valence-corrected chi connectivity index (χ4v) is 3.40. The Bertz CT molecular complexity index is 1020. The highest BCUT2D eigenvalue weighted by Crippen LogP contribution is 2.33. The van der Waals surface area contributed by atoms with E-state index in [0.29, 0.717) is 6.54 Å². The van der Waals surface area contributed by atoms with Crippen molar-refractivity contribution in [1.29, 1.82) is 0 Å². The Morgan fingerprint density at radius 2 is 1.96 bits per heavy atom. The summed E-state index contributed by atoms with van der Waals surface area (Å²) in [5.74, 6) is 0.166. The lowest BCUT2D eigenvalue weighted by atomic mass is 9.99. The lowest BCUT2D eigenvalue weighted by Crippen LogP contribution is -2.30. The normalized spacial score (nSPS) is 13.3. The van der Waals surface area contributed by atoms with E-state index < -0.39 is 0 Å². The first-order valence-electron chi connectivity index (χ1n) is 8.78. The van der Waals surface area contributed by atoms with Crippen molar-refractivity contribution in [2.75, 3.05) is 18.0 Å². The van der Waals surface area contributed by atoms with Crippen molar-refractivity contribution in [2.24, 2.45) is 0 Å². The van der Waals surface area contributed by atoms with Gasteiger partial charge in [0.1, 0.15) is 5.78 Å².